The SMILES string of the molecule is C[C@@H](N)C(=O)N(C)Cc1ccc(OC(F)(F)F)cc1.Cl. The van der Waals surface area contributed by atoms with Crippen molar-refractivity contribution in [1.29, 1.82) is 0 Å². The molecule has 0 aliphatic heterocycles. The zero-order valence-corrected chi connectivity index (χ0v) is 11.8. The van der Waals surface area contributed by atoms with E-state index in [0.717, 1.165) is 0 Å². The molecule has 0 unspecified atom stereocenters. The van der Waals surface area contributed by atoms with E-state index in [4.69, 9.17) is 5.73 Å². The van der Waals surface area contributed by atoms with Gasteiger partial charge in [0.05, 0.1) is 6.04 Å². The minimum absolute atomic E-state index is 0. The third-order valence-corrected chi connectivity index (χ3v) is 2.34. The van der Waals surface area contributed by atoms with Crippen molar-refractivity contribution in [2.45, 2.75) is 25.9 Å². The number of ether oxygens (including phenoxy) is 1. The van der Waals surface area contributed by atoms with Crippen LogP contribution in [0.3, 0.4) is 0 Å². The van der Waals surface area contributed by atoms with Gasteiger partial charge in [0.2, 0.25) is 5.91 Å². The Labute approximate surface area is 121 Å². The lowest BCUT2D eigenvalue weighted by molar-refractivity contribution is -0.274. The molecule has 1 aromatic carbocycles. The quantitative estimate of drug-likeness (QED) is 0.928. The topological polar surface area (TPSA) is 55.6 Å². The molecule has 1 rings (SSSR count). The van der Waals surface area contributed by atoms with Crippen molar-refractivity contribution in [2.24, 2.45) is 5.73 Å². The molecule has 1 aromatic rings. The van der Waals surface area contributed by atoms with Gasteiger partial charge in [-0.3, -0.25) is 4.79 Å². The van der Waals surface area contributed by atoms with Gasteiger partial charge in [0.15, 0.2) is 0 Å². The number of halogens is 4. The Kier molecular flexibility index (Phi) is 6.81. The first-order valence-corrected chi connectivity index (χ1v) is 5.54. The number of hydrogen-bond acceptors (Lipinski definition) is 3. The minimum Gasteiger partial charge on any atom is -0.406 e. The second kappa shape index (κ2) is 7.35. The van der Waals surface area contributed by atoms with Crippen LogP contribution in [0.4, 0.5) is 13.2 Å². The fraction of sp³-hybridized carbons (Fsp3) is 0.417. The second-order valence-electron chi connectivity index (χ2n) is 4.17. The highest BCUT2D eigenvalue weighted by molar-refractivity contribution is 5.85. The van der Waals surface area contributed by atoms with E-state index in [2.05, 4.69) is 4.74 Å². The molecular weight excluding hydrogens is 297 g/mol. The van der Waals surface area contributed by atoms with Gasteiger partial charge in [-0.05, 0) is 24.6 Å². The first kappa shape index (κ1) is 18.5. The minimum atomic E-state index is -4.71. The van der Waals surface area contributed by atoms with Crippen LogP contribution in [0.5, 0.6) is 5.75 Å². The highest BCUT2D eigenvalue weighted by atomic mass is 35.5. The van der Waals surface area contributed by atoms with Crippen molar-refractivity contribution < 1.29 is 22.7 Å². The van der Waals surface area contributed by atoms with Crippen molar-refractivity contribution in [2.75, 3.05) is 7.05 Å². The van der Waals surface area contributed by atoms with Crippen molar-refractivity contribution in [1.82, 2.24) is 4.90 Å². The third kappa shape index (κ3) is 6.12. The summed E-state index contributed by atoms with van der Waals surface area (Å²) in [7, 11) is 1.58. The molecule has 1 amide bonds. The lowest BCUT2D eigenvalue weighted by atomic mass is 10.2. The first-order valence-electron chi connectivity index (χ1n) is 5.54. The number of nitrogens with zero attached hydrogens (tertiary/aromatic N) is 1. The van der Waals surface area contributed by atoms with Gasteiger partial charge in [-0.15, -0.1) is 25.6 Å². The van der Waals surface area contributed by atoms with Crippen LogP contribution in [0.1, 0.15) is 12.5 Å². The van der Waals surface area contributed by atoms with Crippen molar-refractivity contribution in [3.8, 4) is 5.75 Å². The molecular formula is C12H16ClF3N2O2. The van der Waals surface area contributed by atoms with Crippen LogP contribution >= 0.6 is 12.4 Å². The molecule has 4 nitrogen and oxygen atoms in total. The Morgan fingerprint density at radius 3 is 2.25 bits per heavy atom. The van der Waals surface area contributed by atoms with Crippen LogP contribution in [0, 0.1) is 0 Å². The summed E-state index contributed by atoms with van der Waals surface area (Å²) in [4.78, 5) is 12.9. The number of benzene rings is 1. The normalized spacial score (nSPS) is 12.3. The van der Waals surface area contributed by atoms with Gasteiger partial charge in [-0.25, -0.2) is 0 Å². The summed E-state index contributed by atoms with van der Waals surface area (Å²) in [5, 5.41) is 0. The van der Waals surface area contributed by atoms with Crippen LogP contribution in [0.25, 0.3) is 0 Å². The molecule has 2 N–H and O–H groups in total. The number of rotatable bonds is 4. The van der Waals surface area contributed by atoms with E-state index in [0.29, 0.717) is 5.56 Å². The Morgan fingerprint density at radius 1 is 1.35 bits per heavy atom. The largest absolute Gasteiger partial charge is 0.573 e. The molecule has 20 heavy (non-hydrogen) atoms. The zero-order valence-electron chi connectivity index (χ0n) is 11.0. The molecule has 0 aliphatic rings. The molecule has 0 fully saturated rings. The van der Waals surface area contributed by atoms with Crippen LogP contribution in [-0.2, 0) is 11.3 Å². The van der Waals surface area contributed by atoms with Gasteiger partial charge in [0.1, 0.15) is 5.75 Å². The second-order valence-corrected chi connectivity index (χ2v) is 4.17. The van der Waals surface area contributed by atoms with Gasteiger partial charge in [-0.2, -0.15) is 0 Å². The van der Waals surface area contributed by atoms with E-state index in [1.54, 1.807) is 14.0 Å². The lowest BCUT2D eigenvalue weighted by Crippen LogP contribution is -2.39. The van der Waals surface area contributed by atoms with Gasteiger partial charge in [0, 0.05) is 13.6 Å². The number of amides is 1. The van der Waals surface area contributed by atoms with Gasteiger partial charge < -0.3 is 15.4 Å². The van der Waals surface area contributed by atoms with Gasteiger partial charge in [0.25, 0.3) is 0 Å². The molecule has 0 aromatic heterocycles. The summed E-state index contributed by atoms with van der Waals surface area (Å²) in [6.45, 7) is 1.84. The molecule has 8 heteroatoms. The maximum absolute atomic E-state index is 12.0. The van der Waals surface area contributed by atoms with Crippen molar-refractivity contribution in [3.05, 3.63) is 29.8 Å². The van der Waals surface area contributed by atoms with Crippen LogP contribution in [0.15, 0.2) is 24.3 Å². The monoisotopic (exact) mass is 312 g/mol. The van der Waals surface area contributed by atoms with E-state index in [-0.39, 0.29) is 30.6 Å². The summed E-state index contributed by atoms with van der Waals surface area (Å²) < 4.78 is 39.6. The molecule has 114 valence electrons. The average Bonchev–Trinajstić information content (AvgIpc) is 2.28. The molecule has 1 atom stereocenters. The predicted octanol–water partition coefficient (Wildman–Crippen LogP) is 2.31. The van der Waals surface area contributed by atoms with E-state index in [1.807, 2.05) is 0 Å². The zero-order chi connectivity index (χ0) is 14.6. The number of carbonyl (C=O) groups excluding carboxylic acids is 1. The summed E-state index contributed by atoms with van der Waals surface area (Å²) in [6, 6.07) is 4.72. The summed E-state index contributed by atoms with van der Waals surface area (Å²) >= 11 is 0. The average molecular weight is 313 g/mol. The van der Waals surface area contributed by atoms with Crippen LogP contribution in [0.2, 0.25) is 0 Å². The number of nitrogens with two attached hydrogens (primary N) is 1. The smallest absolute Gasteiger partial charge is 0.406 e. The van der Waals surface area contributed by atoms with Crippen LogP contribution in [-0.4, -0.2) is 30.3 Å². The van der Waals surface area contributed by atoms with Gasteiger partial charge in [-0.1, -0.05) is 12.1 Å². The molecule has 0 radical (unpaired) electrons. The van der Waals surface area contributed by atoms with E-state index >= 15 is 0 Å². The molecule has 0 bridgehead atoms. The highest BCUT2D eigenvalue weighted by Crippen LogP contribution is 2.22. The highest BCUT2D eigenvalue weighted by Gasteiger charge is 2.30. The predicted molar refractivity (Wildman–Crippen MR) is 70.5 cm³/mol. The Hall–Kier alpha value is -1.47. The van der Waals surface area contributed by atoms with Gasteiger partial charge >= 0.3 is 6.36 Å². The number of carbonyl (C=O) groups is 1. The summed E-state index contributed by atoms with van der Waals surface area (Å²) in [5.74, 6) is -0.534. The number of alkyl halides is 3. The maximum atomic E-state index is 12.0. The number of likely N-dealkylation sites (N-methyl/N-ethyl adjacent to an activating group) is 1. The van der Waals surface area contributed by atoms with Crippen molar-refractivity contribution >= 4 is 18.3 Å². The first-order chi connectivity index (χ1) is 8.69. The van der Waals surface area contributed by atoms with E-state index in [1.165, 1.54) is 29.2 Å². The fourth-order valence-corrected chi connectivity index (χ4v) is 1.50. The summed E-state index contributed by atoms with van der Waals surface area (Å²) in [6.07, 6.45) is -4.71. The summed E-state index contributed by atoms with van der Waals surface area (Å²) in [5.41, 5.74) is 6.13. The maximum Gasteiger partial charge on any atom is 0.573 e. The van der Waals surface area contributed by atoms with Crippen molar-refractivity contribution in [3.63, 3.8) is 0 Å². The number of hydrogen-bond donors (Lipinski definition) is 1. The standard InChI is InChI=1S/C12H15F3N2O2.ClH/c1-8(16)11(18)17(2)7-9-3-5-10(6-4-9)19-12(13,14)15;/h3-6,8H,7,16H2,1-2H3;1H/t8-;/m1./s1. The fourth-order valence-electron chi connectivity index (χ4n) is 1.50. The van der Waals surface area contributed by atoms with E-state index < -0.39 is 12.4 Å². The van der Waals surface area contributed by atoms with Crippen LogP contribution < -0.4 is 10.5 Å². The van der Waals surface area contributed by atoms with E-state index in [9.17, 15) is 18.0 Å². The Balaban J connectivity index is 0.00000361. The molecule has 0 saturated heterocycles. The molecule has 0 heterocycles. The third-order valence-electron chi connectivity index (χ3n) is 2.34. The molecule has 0 spiro atoms. The molecule has 0 aliphatic carbocycles. The Morgan fingerprint density at radius 2 is 1.85 bits per heavy atom. The Bertz CT molecular complexity index is 435. The lowest BCUT2D eigenvalue weighted by Gasteiger charge is -2.19. The molecule has 0 saturated carbocycles.